The van der Waals surface area contributed by atoms with E-state index in [4.69, 9.17) is 4.74 Å². The van der Waals surface area contributed by atoms with Gasteiger partial charge in [-0.15, -0.1) is 0 Å². The first-order valence-corrected chi connectivity index (χ1v) is 10.5. The van der Waals surface area contributed by atoms with E-state index in [1.165, 1.54) is 24.3 Å². The monoisotopic (exact) mass is 440 g/mol. The highest BCUT2D eigenvalue weighted by Crippen LogP contribution is 2.28. The van der Waals surface area contributed by atoms with Gasteiger partial charge in [-0.1, -0.05) is 12.1 Å². The summed E-state index contributed by atoms with van der Waals surface area (Å²) in [7, 11) is 1.65. The minimum atomic E-state index is -0.364. The number of carbonyl (C=O) groups excluding carboxylic acids is 1. The number of hydrogen-bond donors (Lipinski definition) is 2. The number of anilines is 1. The number of amides is 2. The number of hydrogen-bond acceptors (Lipinski definition) is 4. The third-order valence-electron chi connectivity index (χ3n) is 5.82. The van der Waals surface area contributed by atoms with Gasteiger partial charge in [0.05, 0.1) is 29.5 Å². The van der Waals surface area contributed by atoms with Gasteiger partial charge in [-0.05, 0) is 42.8 Å². The molecule has 0 bridgehead atoms. The van der Waals surface area contributed by atoms with Gasteiger partial charge in [0.1, 0.15) is 11.6 Å². The van der Waals surface area contributed by atoms with E-state index < -0.39 is 0 Å². The molecule has 6 nitrogen and oxygen atoms in total. The third kappa shape index (κ3) is 5.03. The largest absolute Gasteiger partial charge is 0.383 e. The smallest absolute Gasteiger partial charge is 0.319 e. The van der Waals surface area contributed by atoms with Gasteiger partial charge in [-0.2, -0.15) is 0 Å². The van der Waals surface area contributed by atoms with E-state index in [1.54, 1.807) is 32.2 Å². The summed E-state index contributed by atoms with van der Waals surface area (Å²) in [5.74, 6) is -0.701. The number of aromatic nitrogens is 1. The summed E-state index contributed by atoms with van der Waals surface area (Å²) in [5, 5.41) is 6.64. The van der Waals surface area contributed by atoms with Crippen LogP contribution in [0.3, 0.4) is 0 Å². The van der Waals surface area contributed by atoms with Crippen LogP contribution in [0.2, 0.25) is 0 Å². The van der Waals surface area contributed by atoms with Crippen molar-refractivity contribution < 1.29 is 18.3 Å². The summed E-state index contributed by atoms with van der Waals surface area (Å²) >= 11 is 0. The number of nitrogens with zero attached hydrogens (tertiary/aromatic N) is 2. The Bertz CT molecular complexity index is 1120. The first-order chi connectivity index (χ1) is 15.4. The maximum absolute atomic E-state index is 13.8. The predicted octanol–water partition coefficient (Wildman–Crippen LogP) is 4.06. The number of pyridine rings is 1. The van der Waals surface area contributed by atoms with Gasteiger partial charge in [0.2, 0.25) is 0 Å². The summed E-state index contributed by atoms with van der Waals surface area (Å²) in [5.41, 5.74) is 2.52. The highest BCUT2D eigenvalue weighted by Gasteiger charge is 2.35. The number of fused-ring (bicyclic) bond motifs is 1. The van der Waals surface area contributed by atoms with Crippen LogP contribution in [0.15, 0.2) is 48.5 Å². The van der Waals surface area contributed by atoms with Gasteiger partial charge >= 0.3 is 6.03 Å². The van der Waals surface area contributed by atoms with E-state index in [0.717, 1.165) is 17.5 Å². The second kappa shape index (κ2) is 9.58. The van der Waals surface area contributed by atoms with Crippen LogP contribution in [0.25, 0.3) is 10.9 Å². The molecule has 0 aliphatic carbocycles. The molecule has 2 amide bonds. The number of aryl methyl sites for hydroxylation is 1. The SMILES string of the molecule is COCCN1C[C@@H](NC(=O)Nc2cc3ccc(F)cc3nc2C)[C@H](c2cccc(F)c2)C1. The molecule has 32 heavy (non-hydrogen) atoms. The van der Waals surface area contributed by atoms with E-state index in [9.17, 15) is 13.6 Å². The van der Waals surface area contributed by atoms with E-state index in [2.05, 4.69) is 20.5 Å². The number of carbonyl (C=O) groups is 1. The van der Waals surface area contributed by atoms with Crippen molar-refractivity contribution in [3.8, 4) is 0 Å². The van der Waals surface area contributed by atoms with Gasteiger partial charge in [0, 0.05) is 44.1 Å². The molecule has 2 heterocycles. The molecule has 0 unspecified atom stereocenters. The zero-order valence-electron chi connectivity index (χ0n) is 18.1. The minimum Gasteiger partial charge on any atom is -0.383 e. The van der Waals surface area contributed by atoms with E-state index >= 15 is 0 Å². The van der Waals surface area contributed by atoms with Crippen LogP contribution in [0.1, 0.15) is 17.2 Å². The van der Waals surface area contributed by atoms with Gasteiger partial charge in [0.15, 0.2) is 0 Å². The Balaban J connectivity index is 1.50. The maximum Gasteiger partial charge on any atom is 0.319 e. The summed E-state index contributed by atoms with van der Waals surface area (Å²) < 4.78 is 32.5. The predicted molar refractivity (Wildman–Crippen MR) is 120 cm³/mol. The summed E-state index contributed by atoms with van der Waals surface area (Å²) in [4.78, 5) is 19.4. The van der Waals surface area contributed by atoms with Crippen LogP contribution in [0.4, 0.5) is 19.3 Å². The zero-order valence-corrected chi connectivity index (χ0v) is 18.1. The number of rotatable bonds is 6. The molecule has 0 saturated carbocycles. The first-order valence-electron chi connectivity index (χ1n) is 10.5. The molecule has 1 fully saturated rings. The molecule has 8 heteroatoms. The minimum absolute atomic E-state index is 0.0490. The number of likely N-dealkylation sites (tertiary alicyclic amines) is 1. The quantitative estimate of drug-likeness (QED) is 0.607. The van der Waals surface area contributed by atoms with Crippen molar-refractivity contribution in [2.75, 3.05) is 38.7 Å². The highest BCUT2D eigenvalue weighted by atomic mass is 19.1. The summed E-state index contributed by atoms with van der Waals surface area (Å²) in [6.45, 7) is 4.40. The zero-order chi connectivity index (χ0) is 22.7. The fraction of sp³-hybridized carbons (Fsp3) is 0.333. The van der Waals surface area contributed by atoms with E-state index in [1.807, 2.05) is 6.07 Å². The number of urea groups is 1. The average Bonchev–Trinajstić information content (AvgIpc) is 3.15. The van der Waals surface area contributed by atoms with Crippen molar-refractivity contribution in [1.82, 2.24) is 15.2 Å². The molecule has 1 aromatic heterocycles. The van der Waals surface area contributed by atoms with Gasteiger partial charge in [-0.25, -0.2) is 13.6 Å². The molecule has 4 rings (SSSR count). The van der Waals surface area contributed by atoms with Crippen molar-refractivity contribution in [2.45, 2.75) is 18.9 Å². The topological polar surface area (TPSA) is 66.5 Å². The van der Waals surface area contributed by atoms with E-state index in [0.29, 0.717) is 36.6 Å². The number of nitrogens with one attached hydrogen (secondary N) is 2. The van der Waals surface area contributed by atoms with Crippen LogP contribution >= 0.6 is 0 Å². The van der Waals surface area contributed by atoms with Crippen molar-refractivity contribution in [3.05, 3.63) is 71.4 Å². The molecule has 2 N–H and O–H groups in total. The fourth-order valence-electron chi connectivity index (χ4n) is 4.20. The van der Waals surface area contributed by atoms with Crippen molar-refractivity contribution in [2.24, 2.45) is 0 Å². The number of ether oxygens (including phenoxy) is 1. The molecule has 1 aliphatic heterocycles. The average molecular weight is 440 g/mol. The number of methoxy groups -OCH3 is 1. The summed E-state index contributed by atoms with van der Waals surface area (Å²) in [6.07, 6.45) is 0. The van der Waals surface area contributed by atoms with Crippen molar-refractivity contribution in [3.63, 3.8) is 0 Å². The van der Waals surface area contributed by atoms with E-state index in [-0.39, 0.29) is 29.6 Å². The Morgan fingerprint density at radius 2 is 1.97 bits per heavy atom. The van der Waals surface area contributed by atoms with Crippen LogP contribution in [-0.4, -0.2) is 55.3 Å². The van der Waals surface area contributed by atoms with Gasteiger partial charge < -0.3 is 15.4 Å². The molecule has 0 radical (unpaired) electrons. The molecule has 1 aliphatic rings. The Hall–Kier alpha value is -3.10. The van der Waals surface area contributed by atoms with Crippen LogP contribution in [0, 0.1) is 18.6 Å². The normalized spacial score (nSPS) is 18.8. The third-order valence-corrected chi connectivity index (χ3v) is 5.82. The lowest BCUT2D eigenvalue weighted by molar-refractivity contribution is 0.159. The number of benzene rings is 2. The molecular weight excluding hydrogens is 414 g/mol. The Morgan fingerprint density at radius 3 is 2.75 bits per heavy atom. The van der Waals surface area contributed by atoms with Gasteiger partial charge in [-0.3, -0.25) is 9.88 Å². The van der Waals surface area contributed by atoms with Crippen LogP contribution in [0.5, 0.6) is 0 Å². The lowest BCUT2D eigenvalue weighted by Gasteiger charge is -2.21. The molecule has 0 spiro atoms. The molecule has 2 aromatic carbocycles. The lowest BCUT2D eigenvalue weighted by atomic mass is 9.94. The van der Waals surface area contributed by atoms with Crippen LogP contribution in [-0.2, 0) is 4.74 Å². The lowest BCUT2D eigenvalue weighted by Crippen LogP contribution is -2.42. The van der Waals surface area contributed by atoms with Crippen molar-refractivity contribution in [1.29, 1.82) is 0 Å². The summed E-state index contributed by atoms with van der Waals surface area (Å²) in [6, 6.07) is 12.1. The Labute approximate surface area is 185 Å². The Morgan fingerprint density at radius 1 is 1.16 bits per heavy atom. The first kappa shape index (κ1) is 22.1. The maximum atomic E-state index is 13.8. The molecule has 1 saturated heterocycles. The second-order valence-electron chi connectivity index (χ2n) is 8.08. The Kier molecular flexibility index (Phi) is 6.62. The van der Waals surface area contributed by atoms with Crippen molar-refractivity contribution >= 4 is 22.6 Å². The molecular formula is C24H26F2N4O2. The second-order valence-corrected chi connectivity index (χ2v) is 8.08. The molecule has 2 atom stereocenters. The highest BCUT2D eigenvalue weighted by molar-refractivity contribution is 5.93. The molecule has 3 aromatic rings. The van der Waals surface area contributed by atoms with Gasteiger partial charge in [0.25, 0.3) is 0 Å². The fourth-order valence-corrected chi connectivity index (χ4v) is 4.20. The van der Waals surface area contributed by atoms with Crippen LogP contribution < -0.4 is 10.6 Å². The standard InChI is InChI=1S/C24H26F2N4O2/c1-15-21(11-17-6-7-19(26)12-22(17)27-15)28-24(31)29-23-14-30(8-9-32-2)13-20(23)16-4-3-5-18(25)10-16/h3-7,10-12,20,23H,8-9,13-14H2,1-2H3,(H2,28,29,31)/t20-,23+/m0/s1. The number of halogens is 2. The molecule has 168 valence electrons.